The van der Waals surface area contributed by atoms with Crippen molar-refractivity contribution in [2.24, 2.45) is 5.92 Å². The summed E-state index contributed by atoms with van der Waals surface area (Å²) in [4.78, 5) is 12.7. The summed E-state index contributed by atoms with van der Waals surface area (Å²) >= 11 is 0. The molecule has 1 heterocycles. The van der Waals surface area contributed by atoms with Gasteiger partial charge < -0.3 is 9.47 Å². The van der Waals surface area contributed by atoms with Crippen LogP contribution in [0.15, 0.2) is 49.1 Å². The molecule has 2 aromatic carbocycles. The highest BCUT2D eigenvalue weighted by molar-refractivity contribution is 6.12. The third kappa shape index (κ3) is 2.69. The van der Waals surface area contributed by atoms with Crippen molar-refractivity contribution in [3.05, 3.63) is 54.6 Å². The van der Waals surface area contributed by atoms with Crippen LogP contribution >= 0.6 is 0 Å². The zero-order valence-electron chi connectivity index (χ0n) is 11.9. The number of hydrogen-bond donors (Lipinski definition) is 0. The van der Waals surface area contributed by atoms with Crippen molar-refractivity contribution in [1.29, 1.82) is 0 Å². The lowest BCUT2D eigenvalue weighted by atomic mass is 9.89. The van der Waals surface area contributed by atoms with Crippen LogP contribution in [-0.4, -0.2) is 25.6 Å². The molecule has 0 amide bonds. The van der Waals surface area contributed by atoms with E-state index in [2.05, 4.69) is 6.58 Å². The van der Waals surface area contributed by atoms with E-state index < -0.39 is 0 Å². The Hall–Kier alpha value is -2.13. The van der Waals surface area contributed by atoms with Crippen molar-refractivity contribution in [3.63, 3.8) is 0 Å². The summed E-state index contributed by atoms with van der Waals surface area (Å²) in [5, 5.41) is 2.04. The molecule has 0 bridgehead atoms. The number of ketones is 1. The molecule has 108 valence electrons. The van der Waals surface area contributed by atoms with Crippen LogP contribution in [0.25, 0.3) is 10.8 Å². The van der Waals surface area contributed by atoms with Crippen LogP contribution in [0.2, 0.25) is 0 Å². The molecule has 3 rings (SSSR count). The first-order valence-electron chi connectivity index (χ1n) is 7.18. The van der Waals surface area contributed by atoms with E-state index in [1.165, 1.54) is 0 Å². The van der Waals surface area contributed by atoms with Gasteiger partial charge in [-0.15, -0.1) is 6.58 Å². The Kier molecular flexibility index (Phi) is 4.02. The normalized spacial score (nSPS) is 17.3. The number of hydrogen-bond acceptors (Lipinski definition) is 3. The molecule has 2 aromatic rings. The van der Waals surface area contributed by atoms with Gasteiger partial charge in [0.05, 0.1) is 24.7 Å². The van der Waals surface area contributed by atoms with E-state index in [1.807, 2.05) is 36.4 Å². The van der Waals surface area contributed by atoms with Gasteiger partial charge in [-0.1, -0.05) is 36.4 Å². The van der Waals surface area contributed by atoms with Crippen LogP contribution in [0.5, 0.6) is 5.75 Å². The van der Waals surface area contributed by atoms with Crippen molar-refractivity contribution in [2.45, 2.75) is 6.42 Å². The van der Waals surface area contributed by atoms with E-state index in [1.54, 1.807) is 6.08 Å². The van der Waals surface area contributed by atoms with Gasteiger partial charge >= 0.3 is 0 Å². The standard InChI is InChI=1S/C18H18O3/c1-2-10-20-11-9-14-12-21-16-8-7-13-5-3-4-6-15(13)17(16)18(14)19/h2-8,14H,1,9-12H2. The van der Waals surface area contributed by atoms with Gasteiger partial charge in [-0.2, -0.15) is 0 Å². The van der Waals surface area contributed by atoms with E-state index in [4.69, 9.17) is 9.47 Å². The summed E-state index contributed by atoms with van der Waals surface area (Å²) in [7, 11) is 0. The summed E-state index contributed by atoms with van der Waals surface area (Å²) in [6.45, 7) is 5.10. The fourth-order valence-corrected chi connectivity index (χ4v) is 2.70. The minimum Gasteiger partial charge on any atom is -0.492 e. The summed E-state index contributed by atoms with van der Waals surface area (Å²) in [5.41, 5.74) is 0.716. The topological polar surface area (TPSA) is 35.5 Å². The smallest absolute Gasteiger partial charge is 0.173 e. The summed E-state index contributed by atoms with van der Waals surface area (Å²) in [6, 6.07) is 11.8. The van der Waals surface area contributed by atoms with Gasteiger partial charge in [0.2, 0.25) is 0 Å². The Balaban J connectivity index is 1.86. The molecule has 1 unspecified atom stereocenters. The van der Waals surface area contributed by atoms with Gasteiger partial charge in [-0.3, -0.25) is 4.79 Å². The lowest BCUT2D eigenvalue weighted by Crippen LogP contribution is -2.29. The molecule has 0 radical (unpaired) electrons. The Labute approximate surface area is 124 Å². The largest absolute Gasteiger partial charge is 0.492 e. The zero-order chi connectivity index (χ0) is 14.7. The third-order valence-corrected chi connectivity index (χ3v) is 3.79. The summed E-state index contributed by atoms with van der Waals surface area (Å²) in [5.74, 6) is 0.727. The highest BCUT2D eigenvalue weighted by Gasteiger charge is 2.30. The van der Waals surface area contributed by atoms with Crippen LogP contribution < -0.4 is 4.74 Å². The van der Waals surface area contributed by atoms with Gasteiger partial charge in [0, 0.05) is 6.61 Å². The SMILES string of the molecule is C=CCOCCC1COc2ccc3ccccc3c2C1=O. The molecule has 0 aromatic heterocycles. The quantitative estimate of drug-likeness (QED) is 0.620. The number of carbonyl (C=O) groups excluding carboxylic acids is 1. The first-order valence-corrected chi connectivity index (χ1v) is 7.18. The summed E-state index contributed by atoms with van der Waals surface area (Å²) in [6.07, 6.45) is 2.39. The van der Waals surface area contributed by atoms with Crippen LogP contribution in [0.1, 0.15) is 16.8 Å². The minimum atomic E-state index is -0.131. The predicted octanol–water partition coefficient (Wildman–Crippen LogP) is 3.62. The molecular formula is C18H18O3. The van der Waals surface area contributed by atoms with Crippen LogP contribution in [0, 0.1) is 5.92 Å². The molecule has 0 aliphatic carbocycles. The Morgan fingerprint density at radius 2 is 2.14 bits per heavy atom. The lowest BCUT2D eigenvalue weighted by molar-refractivity contribution is 0.0752. The number of ether oxygens (including phenoxy) is 2. The van der Waals surface area contributed by atoms with E-state index in [0.29, 0.717) is 37.6 Å². The average Bonchev–Trinajstić information content (AvgIpc) is 2.53. The van der Waals surface area contributed by atoms with Gasteiger partial charge in [-0.05, 0) is 23.3 Å². The first-order chi connectivity index (χ1) is 10.3. The molecule has 0 N–H and O–H groups in total. The summed E-state index contributed by atoms with van der Waals surface area (Å²) < 4.78 is 11.2. The molecule has 1 aliphatic rings. The zero-order valence-corrected chi connectivity index (χ0v) is 11.9. The molecule has 1 aliphatic heterocycles. The average molecular weight is 282 g/mol. The second-order valence-corrected chi connectivity index (χ2v) is 5.18. The lowest BCUT2D eigenvalue weighted by Gasteiger charge is -2.25. The monoisotopic (exact) mass is 282 g/mol. The maximum atomic E-state index is 12.7. The molecule has 0 spiro atoms. The second-order valence-electron chi connectivity index (χ2n) is 5.18. The van der Waals surface area contributed by atoms with Crippen molar-refractivity contribution >= 4 is 16.6 Å². The fourth-order valence-electron chi connectivity index (χ4n) is 2.70. The molecule has 0 saturated heterocycles. The van der Waals surface area contributed by atoms with Crippen LogP contribution in [-0.2, 0) is 4.74 Å². The Bertz CT molecular complexity index is 675. The van der Waals surface area contributed by atoms with Gasteiger partial charge in [0.25, 0.3) is 0 Å². The molecule has 0 saturated carbocycles. The minimum absolute atomic E-state index is 0.131. The first kappa shape index (κ1) is 13.8. The molecule has 1 atom stereocenters. The Morgan fingerprint density at radius 3 is 3.00 bits per heavy atom. The molecular weight excluding hydrogens is 264 g/mol. The van der Waals surface area contributed by atoms with Gasteiger partial charge in [-0.25, -0.2) is 0 Å². The maximum absolute atomic E-state index is 12.7. The number of Topliss-reactive ketones (excluding diaryl/α,β-unsaturated/α-hetero) is 1. The van der Waals surface area contributed by atoms with Crippen LogP contribution in [0.3, 0.4) is 0 Å². The molecule has 3 heteroatoms. The number of carbonyl (C=O) groups is 1. The van der Waals surface area contributed by atoms with Crippen molar-refractivity contribution < 1.29 is 14.3 Å². The third-order valence-electron chi connectivity index (χ3n) is 3.79. The fraction of sp³-hybridized carbons (Fsp3) is 0.278. The van der Waals surface area contributed by atoms with Gasteiger partial charge in [0.1, 0.15) is 5.75 Å². The van der Waals surface area contributed by atoms with Crippen molar-refractivity contribution in [1.82, 2.24) is 0 Å². The highest BCUT2D eigenvalue weighted by atomic mass is 16.5. The molecule has 21 heavy (non-hydrogen) atoms. The maximum Gasteiger partial charge on any atom is 0.173 e. The van der Waals surface area contributed by atoms with E-state index in [-0.39, 0.29) is 11.7 Å². The number of fused-ring (bicyclic) bond motifs is 3. The van der Waals surface area contributed by atoms with Crippen molar-refractivity contribution in [2.75, 3.05) is 19.8 Å². The molecule has 0 fully saturated rings. The number of benzene rings is 2. The second kappa shape index (κ2) is 6.10. The van der Waals surface area contributed by atoms with Crippen molar-refractivity contribution in [3.8, 4) is 5.75 Å². The predicted molar refractivity (Wildman–Crippen MR) is 82.9 cm³/mol. The van der Waals surface area contributed by atoms with E-state index in [9.17, 15) is 4.79 Å². The van der Waals surface area contributed by atoms with Gasteiger partial charge in [0.15, 0.2) is 5.78 Å². The number of rotatable bonds is 5. The van der Waals surface area contributed by atoms with Crippen LogP contribution in [0.4, 0.5) is 0 Å². The van der Waals surface area contributed by atoms with E-state index >= 15 is 0 Å². The highest BCUT2D eigenvalue weighted by Crippen LogP contribution is 2.34. The molecule has 3 nitrogen and oxygen atoms in total. The Morgan fingerprint density at radius 1 is 1.29 bits per heavy atom. The van der Waals surface area contributed by atoms with E-state index in [0.717, 1.165) is 10.8 Å².